The Balaban J connectivity index is 1.53. The van der Waals surface area contributed by atoms with E-state index in [9.17, 15) is 9.59 Å². The monoisotopic (exact) mass is 363 g/mol. The van der Waals surface area contributed by atoms with Gasteiger partial charge in [0.25, 0.3) is 0 Å². The van der Waals surface area contributed by atoms with Gasteiger partial charge in [-0.15, -0.1) is 0 Å². The number of hydrogen-bond acceptors (Lipinski definition) is 4. The first-order valence-corrected chi connectivity index (χ1v) is 9.47. The van der Waals surface area contributed by atoms with Gasteiger partial charge in [0.2, 0.25) is 5.91 Å². The van der Waals surface area contributed by atoms with Crippen LogP contribution in [0.1, 0.15) is 13.3 Å². The van der Waals surface area contributed by atoms with Crippen molar-refractivity contribution >= 4 is 28.3 Å². The molecule has 27 heavy (non-hydrogen) atoms. The van der Waals surface area contributed by atoms with Crippen LogP contribution in [0, 0.1) is 11.8 Å². The number of esters is 1. The highest BCUT2D eigenvalue weighted by Gasteiger charge is 2.67. The fourth-order valence-electron chi connectivity index (χ4n) is 4.71. The lowest BCUT2D eigenvalue weighted by molar-refractivity contribution is -0.152. The van der Waals surface area contributed by atoms with Crippen LogP contribution in [-0.2, 0) is 19.1 Å². The van der Waals surface area contributed by atoms with Crippen molar-refractivity contribution in [1.29, 1.82) is 0 Å². The van der Waals surface area contributed by atoms with Crippen LogP contribution in [0.25, 0.3) is 10.8 Å². The summed E-state index contributed by atoms with van der Waals surface area (Å²) in [5.74, 6) is -1.47. The first-order valence-electron chi connectivity index (χ1n) is 9.47. The number of nitrogens with zero attached hydrogens (tertiary/aromatic N) is 1. The Morgan fingerprint density at radius 2 is 2.07 bits per heavy atom. The molecule has 0 radical (unpaired) electrons. The van der Waals surface area contributed by atoms with E-state index in [-0.39, 0.29) is 18.0 Å². The number of fused-ring (bicyclic) bond motifs is 2. The van der Waals surface area contributed by atoms with E-state index in [2.05, 4.69) is 0 Å². The molecule has 4 atom stereocenters. The number of carbonyl (C=O) groups is 2. The van der Waals surface area contributed by atoms with E-state index in [1.54, 1.807) is 4.90 Å². The molecule has 0 N–H and O–H groups in total. The van der Waals surface area contributed by atoms with E-state index in [0.29, 0.717) is 13.2 Å². The third-order valence-electron chi connectivity index (χ3n) is 5.88. The van der Waals surface area contributed by atoms with Gasteiger partial charge >= 0.3 is 5.97 Å². The second kappa shape index (κ2) is 5.92. The Hall–Kier alpha value is -2.66. The maximum absolute atomic E-state index is 13.4. The third-order valence-corrected chi connectivity index (χ3v) is 5.88. The predicted octanol–water partition coefficient (Wildman–Crippen LogP) is 3.08. The number of benzene rings is 2. The first kappa shape index (κ1) is 16.5. The van der Waals surface area contributed by atoms with Crippen molar-refractivity contribution in [2.45, 2.75) is 25.0 Å². The first-order chi connectivity index (χ1) is 13.1. The standard InChI is InChI=1S/C22H21NO4/c1-2-12-26-21(25)18-17-10-11-22(27-17)13-23(20(24)19(18)22)16-9-5-7-14-6-3-4-8-15(14)16/h3-11,17-19H,2,12-13H2,1H3/t17-,18-,19+,22+/m1/s1. The van der Waals surface area contributed by atoms with E-state index in [1.807, 2.05) is 61.5 Å². The molecule has 2 saturated heterocycles. The number of rotatable bonds is 4. The molecule has 2 fully saturated rings. The molecule has 2 aromatic rings. The molecule has 0 saturated carbocycles. The van der Waals surface area contributed by atoms with Crippen LogP contribution in [0.2, 0.25) is 0 Å². The van der Waals surface area contributed by atoms with Crippen molar-refractivity contribution in [1.82, 2.24) is 0 Å². The second-order valence-corrected chi connectivity index (χ2v) is 7.49. The average Bonchev–Trinajstić information content (AvgIpc) is 3.34. The number of ether oxygens (including phenoxy) is 2. The number of hydrogen-bond donors (Lipinski definition) is 0. The van der Waals surface area contributed by atoms with Crippen molar-refractivity contribution in [3.63, 3.8) is 0 Å². The zero-order valence-corrected chi connectivity index (χ0v) is 15.1. The molecule has 138 valence electrons. The van der Waals surface area contributed by atoms with Crippen LogP contribution in [0.3, 0.4) is 0 Å². The molecule has 1 amide bonds. The summed E-state index contributed by atoms with van der Waals surface area (Å²) in [5.41, 5.74) is 0.136. The zero-order chi connectivity index (χ0) is 18.6. The highest BCUT2D eigenvalue weighted by molar-refractivity contribution is 6.08. The molecule has 3 aliphatic rings. The summed E-state index contributed by atoms with van der Waals surface area (Å²) in [5, 5.41) is 2.10. The molecular weight excluding hydrogens is 342 g/mol. The smallest absolute Gasteiger partial charge is 0.312 e. The predicted molar refractivity (Wildman–Crippen MR) is 101 cm³/mol. The van der Waals surface area contributed by atoms with Gasteiger partial charge in [0, 0.05) is 5.39 Å². The van der Waals surface area contributed by atoms with Crippen molar-refractivity contribution < 1.29 is 19.1 Å². The van der Waals surface area contributed by atoms with Crippen LogP contribution in [0.15, 0.2) is 54.6 Å². The summed E-state index contributed by atoms with van der Waals surface area (Å²) >= 11 is 0. The molecule has 2 aromatic carbocycles. The van der Waals surface area contributed by atoms with E-state index in [1.165, 1.54) is 0 Å². The SMILES string of the molecule is CCCOC(=O)[C@H]1[C@H]2C(=O)N(c3cccc4ccccc34)C[C@@]23C=C[C@H]1O3. The van der Waals surface area contributed by atoms with Gasteiger partial charge in [0.05, 0.1) is 30.9 Å². The Labute approximate surface area is 157 Å². The van der Waals surface area contributed by atoms with Crippen LogP contribution in [0.4, 0.5) is 5.69 Å². The molecule has 0 aliphatic carbocycles. The number of amides is 1. The Morgan fingerprint density at radius 1 is 1.26 bits per heavy atom. The Morgan fingerprint density at radius 3 is 2.93 bits per heavy atom. The van der Waals surface area contributed by atoms with Gasteiger partial charge in [0.1, 0.15) is 11.5 Å². The Kier molecular flexibility index (Phi) is 3.62. The summed E-state index contributed by atoms with van der Waals surface area (Å²) < 4.78 is 11.5. The second-order valence-electron chi connectivity index (χ2n) is 7.49. The largest absolute Gasteiger partial charge is 0.465 e. The van der Waals surface area contributed by atoms with E-state index in [0.717, 1.165) is 22.9 Å². The number of carbonyl (C=O) groups excluding carboxylic acids is 2. The lowest BCUT2D eigenvalue weighted by Gasteiger charge is -2.22. The van der Waals surface area contributed by atoms with Crippen LogP contribution in [0.5, 0.6) is 0 Å². The summed E-state index contributed by atoms with van der Waals surface area (Å²) in [7, 11) is 0. The van der Waals surface area contributed by atoms with Crippen LogP contribution in [-0.4, -0.2) is 36.7 Å². The summed E-state index contributed by atoms with van der Waals surface area (Å²) in [6.45, 7) is 2.75. The maximum atomic E-state index is 13.4. The van der Waals surface area contributed by atoms with Gasteiger partial charge < -0.3 is 14.4 Å². The summed E-state index contributed by atoms with van der Waals surface area (Å²) in [6.07, 6.45) is 4.27. The summed E-state index contributed by atoms with van der Waals surface area (Å²) in [6, 6.07) is 14.0. The normalized spacial score (nSPS) is 30.9. The Bertz CT molecular complexity index is 962. The molecule has 0 unspecified atom stereocenters. The summed E-state index contributed by atoms with van der Waals surface area (Å²) in [4.78, 5) is 27.8. The van der Waals surface area contributed by atoms with Crippen molar-refractivity contribution in [2.75, 3.05) is 18.1 Å². The molecule has 0 aromatic heterocycles. The quantitative estimate of drug-likeness (QED) is 0.619. The fourth-order valence-corrected chi connectivity index (χ4v) is 4.71. The van der Waals surface area contributed by atoms with Crippen molar-refractivity contribution in [3.8, 4) is 0 Å². The molecule has 3 aliphatic heterocycles. The topological polar surface area (TPSA) is 55.8 Å². The highest BCUT2D eigenvalue weighted by atomic mass is 16.6. The zero-order valence-electron chi connectivity index (χ0n) is 15.1. The fraction of sp³-hybridized carbons (Fsp3) is 0.364. The van der Waals surface area contributed by atoms with Crippen LogP contribution < -0.4 is 4.90 Å². The molecular formula is C22H21NO4. The van der Waals surface area contributed by atoms with E-state index < -0.39 is 17.4 Å². The molecule has 2 bridgehead atoms. The van der Waals surface area contributed by atoms with Gasteiger partial charge in [0.15, 0.2) is 0 Å². The van der Waals surface area contributed by atoms with Gasteiger partial charge in [-0.3, -0.25) is 9.59 Å². The lowest BCUT2D eigenvalue weighted by atomic mass is 9.77. The van der Waals surface area contributed by atoms with E-state index >= 15 is 0 Å². The van der Waals surface area contributed by atoms with Crippen molar-refractivity contribution in [3.05, 3.63) is 54.6 Å². The molecule has 5 nitrogen and oxygen atoms in total. The van der Waals surface area contributed by atoms with E-state index in [4.69, 9.17) is 9.47 Å². The molecule has 5 rings (SSSR count). The molecule has 3 heterocycles. The van der Waals surface area contributed by atoms with Crippen LogP contribution >= 0.6 is 0 Å². The van der Waals surface area contributed by atoms with Gasteiger partial charge in [-0.05, 0) is 17.9 Å². The lowest BCUT2D eigenvalue weighted by Crippen LogP contribution is -2.40. The third kappa shape index (κ3) is 2.28. The number of anilines is 1. The minimum Gasteiger partial charge on any atom is -0.465 e. The molecule has 5 heteroatoms. The average molecular weight is 363 g/mol. The van der Waals surface area contributed by atoms with Gasteiger partial charge in [-0.1, -0.05) is 55.5 Å². The maximum Gasteiger partial charge on any atom is 0.312 e. The van der Waals surface area contributed by atoms with Gasteiger partial charge in [-0.2, -0.15) is 0 Å². The van der Waals surface area contributed by atoms with Crippen molar-refractivity contribution in [2.24, 2.45) is 11.8 Å². The van der Waals surface area contributed by atoms with Gasteiger partial charge in [-0.25, -0.2) is 0 Å². The minimum absolute atomic E-state index is 0.0587. The minimum atomic E-state index is -0.728. The highest BCUT2D eigenvalue weighted by Crippen LogP contribution is 2.53. The molecule has 1 spiro atoms.